The molecule has 0 spiro atoms. The molecular weight excluding hydrogens is 817 g/mol. The third-order valence-electron chi connectivity index (χ3n) is 9.75. The number of hydrogen-bond donors (Lipinski definition) is 4. The predicted molar refractivity (Wildman–Crippen MR) is 235 cm³/mol. The summed E-state index contributed by atoms with van der Waals surface area (Å²) in [6, 6.07) is 16.5. The fourth-order valence-corrected chi connectivity index (χ4v) is 9.52. The van der Waals surface area contributed by atoms with Gasteiger partial charge < -0.3 is 20.8 Å². The Balaban J connectivity index is 1.50. The number of fused-ring (bicyclic) bond motifs is 1. The number of rotatable bonds is 13. The molecule has 0 bridgehead atoms. The second kappa shape index (κ2) is 16.8. The minimum absolute atomic E-state index is 0.0783. The molecule has 0 unspecified atom stereocenters. The zero-order valence-electron chi connectivity index (χ0n) is 35.5. The number of carboxylic acids is 2. The first kappa shape index (κ1) is 44.0. The van der Waals surface area contributed by atoms with Gasteiger partial charge in [0.05, 0.1) is 20.8 Å². The maximum atomic E-state index is 13.5. The Morgan fingerprint density at radius 1 is 0.820 bits per heavy atom. The molecule has 0 saturated carbocycles. The number of aryl methyl sites for hydroxylation is 7. The van der Waals surface area contributed by atoms with Gasteiger partial charge in [0.1, 0.15) is 36.2 Å². The van der Waals surface area contributed by atoms with Gasteiger partial charge in [0.2, 0.25) is 15.2 Å². The minimum atomic E-state index is -4.54. The maximum Gasteiger partial charge on any atom is 0.318 e. The van der Waals surface area contributed by atoms with Crippen LogP contribution in [0.5, 0.6) is 0 Å². The van der Waals surface area contributed by atoms with Gasteiger partial charge in [0.15, 0.2) is 11.6 Å². The molecule has 0 aliphatic carbocycles. The summed E-state index contributed by atoms with van der Waals surface area (Å²) in [5.41, 5.74) is 9.67. The Morgan fingerprint density at radius 3 is 1.90 bits per heavy atom. The number of aliphatic carboxylic acids is 2. The molecule has 0 radical (unpaired) electrons. The summed E-state index contributed by atoms with van der Waals surface area (Å²) in [5.74, 6) is -1.95. The summed E-state index contributed by atoms with van der Waals surface area (Å²) < 4.78 is 29.1. The van der Waals surface area contributed by atoms with E-state index in [4.69, 9.17) is 25.3 Å². The first-order chi connectivity index (χ1) is 28.6. The van der Waals surface area contributed by atoms with Crippen molar-refractivity contribution in [2.45, 2.75) is 79.5 Å². The highest BCUT2D eigenvalue weighted by atomic mass is 32.2. The number of sulfonamides is 1. The first-order valence-electron chi connectivity index (χ1n) is 19.1. The zero-order valence-corrected chi connectivity index (χ0v) is 37.1. The summed E-state index contributed by atoms with van der Waals surface area (Å²) in [4.78, 5) is 32.3. The lowest BCUT2D eigenvalue weighted by molar-refractivity contribution is -0.139. The molecular formula is C43H46N10O6S2. The third kappa shape index (κ3) is 9.28. The second-order valence-electron chi connectivity index (χ2n) is 16.0. The highest BCUT2D eigenvalue weighted by Crippen LogP contribution is 2.40. The lowest BCUT2D eigenvalue weighted by atomic mass is 9.90. The molecule has 0 aliphatic rings. The smallest absolute Gasteiger partial charge is 0.318 e. The number of carboxylic acid groups (broad SMARTS) is 2. The van der Waals surface area contributed by atoms with Gasteiger partial charge in [0.25, 0.3) is 0 Å². The standard InChI is InChI=1S/C43H46N10O6S2/c1-22-13-24(3)36(25(4)14-22)46-33-17-28(7)38(40(47-33)48-37-26(5)15-23(2)16-27(37)6)49-50-41-30(19-44)39(43(8,9)10)51-53(41)42-45-31-12-11-29(18-32(31)60-42)61(58,59)52(20-34(54)55)21-35(56)57/h11-18H,20-21H2,1-10H3,(H,54,55)(H,56,57)(H2,46,47,48). The monoisotopic (exact) mass is 862 g/mol. The molecule has 3 heterocycles. The summed E-state index contributed by atoms with van der Waals surface area (Å²) >= 11 is 1.05. The van der Waals surface area contributed by atoms with Crippen LogP contribution in [0.15, 0.2) is 63.7 Å². The number of benzene rings is 3. The van der Waals surface area contributed by atoms with E-state index in [1.54, 1.807) is 0 Å². The van der Waals surface area contributed by atoms with E-state index in [-0.39, 0.29) is 21.4 Å². The number of anilines is 4. The van der Waals surface area contributed by atoms with Gasteiger partial charge in [-0.15, -0.1) is 10.2 Å². The number of nitrogens with zero attached hydrogens (tertiary/aromatic N) is 8. The molecule has 3 aromatic carbocycles. The van der Waals surface area contributed by atoms with Crippen LogP contribution in [0.3, 0.4) is 0 Å². The van der Waals surface area contributed by atoms with Crippen molar-refractivity contribution in [2.75, 3.05) is 23.7 Å². The van der Waals surface area contributed by atoms with E-state index in [0.717, 1.165) is 61.7 Å². The molecule has 0 saturated heterocycles. The lowest BCUT2D eigenvalue weighted by Crippen LogP contribution is -2.39. The second-order valence-corrected chi connectivity index (χ2v) is 19.0. The molecule has 0 fully saturated rings. The maximum absolute atomic E-state index is 13.5. The number of aromatic nitrogens is 4. The Labute approximate surface area is 357 Å². The zero-order chi connectivity index (χ0) is 44.7. The Hall–Kier alpha value is -6.55. The topological polar surface area (TPSA) is 228 Å². The molecule has 3 aromatic heterocycles. The van der Waals surface area contributed by atoms with Gasteiger partial charge in [-0.1, -0.05) is 67.5 Å². The van der Waals surface area contributed by atoms with Crippen molar-refractivity contribution in [1.29, 1.82) is 5.26 Å². The fraction of sp³-hybridized carbons (Fsp3) is 0.302. The summed E-state index contributed by atoms with van der Waals surface area (Å²) in [6.45, 7) is 17.7. The van der Waals surface area contributed by atoms with Crippen molar-refractivity contribution in [3.8, 4) is 11.2 Å². The number of nitriles is 1. The summed E-state index contributed by atoms with van der Waals surface area (Å²) in [5, 5.41) is 50.7. The van der Waals surface area contributed by atoms with Crippen LogP contribution in [0.1, 0.15) is 71.0 Å². The number of hydrogen-bond acceptors (Lipinski definition) is 13. The van der Waals surface area contributed by atoms with Crippen LogP contribution in [-0.2, 0) is 25.0 Å². The quantitative estimate of drug-likeness (QED) is 0.0797. The van der Waals surface area contributed by atoms with Gasteiger partial charge in [0, 0.05) is 16.8 Å². The number of pyridine rings is 1. The van der Waals surface area contributed by atoms with E-state index < -0.39 is 40.5 Å². The number of thiazole rings is 1. The van der Waals surface area contributed by atoms with Gasteiger partial charge in [-0.05, 0) is 101 Å². The molecule has 0 aliphatic heterocycles. The Bertz CT molecular complexity index is 2880. The molecule has 0 atom stereocenters. The average Bonchev–Trinajstić information content (AvgIpc) is 3.74. The number of carbonyl (C=O) groups is 2. The Kier molecular flexibility index (Phi) is 12.1. The van der Waals surface area contributed by atoms with Gasteiger partial charge in [-0.3, -0.25) is 9.59 Å². The molecule has 16 nitrogen and oxygen atoms in total. The molecule has 61 heavy (non-hydrogen) atoms. The highest BCUT2D eigenvalue weighted by Gasteiger charge is 2.31. The number of azo groups is 1. The van der Waals surface area contributed by atoms with Crippen LogP contribution in [-0.4, -0.2) is 67.7 Å². The van der Waals surface area contributed by atoms with Gasteiger partial charge in [-0.25, -0.2) is 18.4 Å². The Morgan fingerprint density at radius 2 is 1.38 bits per heavy atom. The van der Waals surface area contributed by atoms with E-state index in [9.17, 15) is 33.5 Å². The highest BCUT2D eigenvalue weighted by molar-refractivity contribution is 7.89. The molecule has 6 rings (SSSR count). The molecule has 4 N–H and O–H groups in total. The van der Waals surface area contributed by atoms with Gasteiger partial charge >= 0.3 is 11.9 Å². The third-order valence-corrected chi connectivity index (χ3v) is 12.5. The molecule has 18 heteroatoms. The number of nitrogens with one attached hydrogen (secondary N) is 2. The van der Waals surface area contributed by atoms with Crippen LogP contribution in [0.2, 0.25) is 0 Å². The average molecular weight is 863 g/mol. The van der Waals surface area contributed by atoms with Crippen LogP contribution in [0.4, 0.5) is 34.5 Å². The van der Waals surface area contributed by atoms with Crippen molar-refractivity contribution >= 4 is 78.0 Å². The van der Waals surface area contributed by atoms with E-state index in [1.807, 2.05) is 68.4 Å². The van der Waals surface area contributed by atoms with E-state index in [1.165, 1.54) is 22.9 Å². The normalized spacial score (nSPS) is 12.0. The largest absolute Gasteiger partial charge is 0.480 e. The molecule has 316 valence electrons. The minimum Gasteiger partial charge on any atom is -0.480 e. The van der Waals surface area contributed by atoms with Crippen molar-refractivity contribution in [1.82, 2.24) is 24.1 Å². The molecule has 6 aromatic rings. The van der Waals surface area contributed by atoms with Crippen LogP contribution in [0.25, 0.3) is 15.3 Å². The summed E-state index contributed by atoms with van der Waals surface area (Å²) in [7, 11) is -4.54. The lowest BCUT2D eigenvalue weighted by Gasteiger charge is -2.18. The fourth-order valence-electron chi connectivity index (χ4n) is 7.12. The van der Waals surface area contributed by atoms with Crippen LogP contribution < -0.4 is 10.6 Å². The van der Waals surface area contributed by atoms with Crippen molar-refractivity contribution < 1.29 is 28.2 Å². The predicted octanol–water partition coefficient (Wildman–Crippen LogP) is 9.27. The SMILES string of the molecule is Cc1cc(C)c(Nc2cc(C)c(N=Nc3c(C#N)c(C(C)(C)C)nn3-c3nc4ccc(S(=O)(=O)N(CC(=O)O)CC(=O)O)cc4s3)c(Nc3c(C)cc(C)cc3C)n2)c(C)c1. The van der Waals surface area contributed by atoms with Crippen LogP contribution >= 0.6 is 11.3 Å². The van der Waals surface area contributed by atoms with Crippen molar-refractivity contribution in [3.63, 3.8) is 0 Å². The van der Waals surface area contributed by atoms with E-state index >= 15 is 0 Å². The van der Waals surface area contributed by atoms with E-state index in [2.05, 4.69) is 47.9 Å². The van der Waals surface area contributed by atoms with Crippen molar-refractivity contribution in [2.24, 2.45) is 10.2 Å². The summed E-state index contributed by atoms with van der Waals surface area (Å²) in [6.07, 6.45) is 0. The van der Waals surface area contributed by atoms with Crippen LogP contribution in [0, 0.1) is 59.8 Å². The van der Waals surface area contributed by atoms with Crippen molar-refractivity contribution in [3.05, 3.63) is 98.7 Å². The van der Waals surface area contributed by atoms with Gasteiger partial charge in [-0.2, -0.15) is 19.3 Å². The molecule has 0 amide bonds. The first-order valence-corrected chi connectivity index (χ1v) is 21.3. The van der Waals surface area contributed by atoms with E-state index in [0.29, 0.717) is 37.5 Å².